The molecular weight excluding hydrogens is 350 g/mol. The van der Waals surface area contributed by atoms with Crippen LogP contribution in [0.5, 0.6) is 0 Å². The first-order valence-electron chi connectivity index (χ1n) is 9.64. The number of pyridine rings is 1. The number of amides is 1. The average Bonchev–Trinajstić information content (AvgIpc) is 2.69. The fraction of sp³-hybridized carbons (Fsp3) is 0.304. The van der Waals surface area contributed by atoms with Crippen LogP contribution in [0, 0.1) is 0 Å². The number of rotatable bonds is 7. The molecule has 3 rings (SSSR count). The second kappa shape index (κ2) is 8.85. The van der Waals surface area contributed by atoms with Gasteiger partial charge in [-0.25, -0.2) is 0 Å². The summed E-state index contributed by atoms with van der Waals surface area (Å²) in [7, 11) is 3.97. The van der Waals surface area contributed by atoms with E-state index in [1.54, 1.807) is 10.8 Å². The smallest absolute Gasteiger partial charge is 0.258 e. The normalized spacial score (nSPS) is 12.3. The van der Waals surface area contributed by atoms with E-state index in [9.17, 15) is 9.59 Å². The summed E-state index contributed by atoms with van der Waals surface area (Å²) < 4.78 is 1.72. The SMILES string of the molecule is CCC(C(=O)Nc1cccc2c(=O)n(CCN(C)C)ccc12)c1ccccc1. The topological polar surface area (TPSA) is 54.3 Å². The number of aromatic nitrogens is 1. The molecule has 0 spiro atoms. The predicted molar refractivity (Wildman–Crippen MR) is 115 cm³/mol. The van der Waals surface area contributed by atoms with Gasteiger partial charge in [0.2, 0.25) is 5.91 Å². The van der Waals surface area contributed by atoms with Crippen LogP contribution in [0.4, 0.5) is 5.69 Å². The number of likely N-dealkylation sites (N-methyl/N-ethyl adjacent to an activating group) is 1. The summed E-state index contributed by atoms with van der Waals surface area (Å²) in [5, 5.41) is 4.42. The molecule has 1 atom stereocenters. The highest BCUT2D eigenvalue weighted by Crippen LogP contribution is 2.25. The highest BCUT2D eigenvalue weighted by atomic mass is 16.2. The first kappa shape index (κ1) is 19.8. The molecule has 0 saturated carbocycles. The van der Waals surface area contributed by atoms with Crippen LogP contribution >= 0.6 is 0 Å². The first-order chi connectivity index (χ1) is 13.5. The maximum atomic E-state index is 12.9. The standard InChI is InChI=1S/C23H27N3O2/c1-4-18(17-9-6-5-7-10-17)22(27)24-21-12-8-11-20-19(21)13-14-26(23(20)28)16-15-25(2)3/h5-14,18H,4,15-16H2,1-3H3,(H,24,27). The predicted octanol–water partition coefficient (Wildman–Crippen LogP) is 3.70. The van der Waals surface area contributed by atoms with Crippen molar-refractivity contribution < 1.29 is 4.79 Å². The lowest BCUT2D eigenvalue weighted by Gasteiger charge is -2.17. The van der Waals surface area contributed by atoms with Crippen LogP contribution in [-0.4, -0.2) is 36.0 Å². The summed E-state index contributed by atoms with van der Waals surface area (Å²) in [5.74, 6) is -0.282. The number of benzene rings is 2. The summed E-state index contributed by atoms with van der Waals surface area (Å²) in [6.45, 7) is 3.42. The van der Waals surface area contributed by atoms with Crippen LogP contribution in [0.15, 0.2) is 65.6 Å². The van der Waals surface area contributed by atoms with Gasteiger partial charge in [-0.15, -0.1) is 0 Å². The third-order valence-electron chi connectivity index (χ3n) is 4.99. The number of fused-ring (bicyclic) bond motifs is 1. The number of nitrogens with one attached hydrogen (secondary N) is 1. The zero-order valence-electron chi connectivity index (χ0n) is 16.7. The molecule has 0 saturated heterocycles. The number of carbonyl (C=O) groups excluding carboxylic acids is 1. The highest BCUT2D eigenvalue weighted by molar-refractivity contribution is 6.03. The van der Waals surface area contributed by atoms with Gasteiger partial charge in [0, 0.05) is 35.7 Å². The van der Waals surface area contributed by atoms with Crippen LogP contribution in [0.3, 0.4) is 0 Å². The van der Waals surface area contributed by atoms with Gasteiger partial charge in [-0.3, -0.25) is 9.59 Å². The quantitative estimate of drug-likeness (QED) is 0.683. The molecule has 3 aromatic rings. The molecule has 5 heteroatoms. The van der Waals surface area contributed by atoms with Gasteiger partial charge in [-0.05, 0) is 44.3 Å². The fourth-order valence-electron chi connectivity index (χ4n) is 3.39. The molecule has 0 aliphatic rings. The lowest BCUT2D eigenvalue weighted by Crippen LogP contribution is -2.26. The van der Waals surface area contributed by atoms with Crippen LogP contribution in [0.2, 0.25) is 0 Å². The molecule has 0 aliphatic carbocycles. The Kier molecular flexibility index (Phi) is 6.26. The third kappa shape index (κ3) is 4.31. The minimum Gasteiger partial charge on any atom is -0.325 e. The first-order valence-corrected chi connectivity index (χ1v) is 9.64. The Morgan fingerprint density at radius 2 is 1.79 bits per heavy atom. The van der Waals surface area contributed by atoms with Gasteiger partial charge in [-0.2, -0.15) is 0 Å². The highest BCUT2D eigenvalue weighted by Gasteiger charge is 2.19. The van der Waals surface area contributed by atoms with Crippen molar-refractivity contribution >= 4 is 22.4 Å². The molecular formula is C23H27N3O2. The van der Waals surface area contributed by atoms with Crippen molar-refractivity contribution in [2.45, 2.75) is 25.8 Å². The number of hydrogen-bond acceptors (Lipinski definition) is 3. The van der Waals surface area contributed by atoms with Gasteiger partial charge in [0.05, 0.1) is 5.92 Å². The van der Waals surface area contributed by atoms with Crippen LogP contribution in [-0.2, 0) is 11.3 Å². The van der Waals surface area contributed by atoms with Crippen molar-refractivity contribution in [3.05, 3.63) is 76.7 Å². The van der Waals surface area contributed by atoms with E-state index in [1.807, 2.05) is 80.5 Å². The molecule has 28 heavy (non-hydrogen) atoms. The van der Waals surface area contributed by atoms with E-state index in [1.165, 1.54) is 0 Å². The van der Waals surface area contributed by atoms with Crippen molar-refractivity contribution in [1.82, 2.24) is 9.47 Å². The Labute approximate surface area is 165 Å². The molecule has 0 fully saturated rings. The Morgan fingerprint density at radius 1 is 1.04 bits per heavy atom. The summed E-state index contributed by atoms with van der Waals surface area (Å²) in [6.07, 6.45) is 2.51. The molecule has 1 N–H and O–H groups in total. The Morgan fingerprint density at radius 3 is 2.46 bits per heavy atom. The van der Waals surface area contributed by atoms with Crippen molar-refractivity contribution in [2.24, 2.45) is 0 Å². The van der Waals surface area contributed by atoms with E-state index in [0.717, 1.165) is 17.5 Å². The fourth-order valence-corrected chi connectivity index (χ4v) is 3.39. The average molecular weight is 377 g/mol. The van der Waals surface area contributed by atoms with Crippen LogP contribution < -0.4 is 10.9 Å². The second-order valence-electron chi connectivity index (χ2n) is 7.25. The zero-order valence-corrected chi connectivity index (χ0v) is 16.7. The number of carbonyl (C=O) groups is 1. The lowest BCUT2D eigenvalue weighted by molar-refractivity contribution is -0.117. The summed E-state index contributed by atoms with van der Waals surface area (Å²) in [6, 6.07) is 17.2. The van der Waals surface area contributed by atoms with Crippen LogP contribution in [0.1, 0.15) is 24.8 Å². The largest absolute Gasteiger partial charge is 0.325 e. The van der Waals surface area contributed by atoms with Gasteiger partial charge in [0.25, 0.3) is 5.56 Å². The van der Waals surface area contributed by atoms with Crippen molar-refractivity contribution in [2.75, 3.05) is 26.0 Å². The van der Waals surface area contributed by atoms with Gasteiger partial charge < -0.3 is 14.8 Å². The lowest BCUT2D eigenvalue weighted by atomic mass is 9.95. The molecule has 1 amide bonds. The maximum Gasteiger partial charge on any atom is 0.258 e. The molecule has 2 aromatic carbocycles. The van der Waals surface area contributed by atoms with E-state index >= 15 is 0 Å². The van der Waals surface area contributed by atoms with Gasteiger partial charge >= 0.3 is 0 Å². The monoisotopic (exact) mass is 377 g/mol. The molecule has 1 aromatic heterocycles. The molecule has 5 nitrogen and oxygen atoms in total. The van der Waals surface area contributed by atoms with E-state index in [-0.39, 0.29) is 17.4 Å². The molecule has 0 radical (unpaired) electrons. The van der Waals surface area contributed by atoms with Crippen molar-refractivity contribution in [3.8, 4) is 0 Å². The second-order valence-corrected chi connectivity index (χ2v) is 7.25. The van der Waals surface area contributed by atoms with E-state index in [0.29, 0.717) is 24.0 Å². The van der Waals surface area contributed by atoms with E-state index in [2.05, 4.69) is 5.32 Å². The van der Waals surface area contributed by atoms with Gasteiger partial charge in [0.15, 0.2) is 0 Å². The number of anilines is 1. The van der Waals surface area contributed by atoms with E-state index < -0.39 is 0 Å². The van der Waals surface area contributed by atoms with Gasteiger partial charge in [-0.1, -0.05) is 43.3 Å². The Bertz CT molecular complexity index is 1010. The number of nitrogens with zero attached hydrogens (tertiary/aromatic N) is 2. The summed E-state index contributed by atoms with van der Waals surface area (Å²) in [4.78, 5) is 27.8. The van der Waals surface area contributed by atoms with Crippen molar-refractivity contribution in [3.63, 3.8) is 0 Å². The third-order valence-corrected chi connectivity index (χ3v) is 4.99. The summed E-state index contributed by atoms with van der Waals surface area (Å²) >= 11 is 0. The Balaban J connectivity index is 1.90. The maximum absolute atomic E-state index is 12.9. The zero-order chi connectivity index (χ0) is 20.1. The molecule has 0 bridgehead atoms. The van der Waals surface area contributed by atoms with Gasteiger partial charge in [0.1, 0.15) is 0 Å². The molecule has 0 aliphatic heterocycles. The van der Waals surface area contributed by atoms with E-state index in [4.69, 9.17) is 0 Å². The summed E-state index contributed by atoms with van der Waals surface area (Å²) in [5.41, 5.74) is 1.63. The molecule has 1 heterocycles. The van der Waals surface area contributed by atoms with Crippen molar-refractivity contribution in [1.29, 1.82) is 0 Å². The minimum absolute atomic E-state index is 0.0365. The molecule has 1 unspecified atom stereocenters. The van der Waals surface area contributed by atoms with Crippen LogP contribution in [0.25, 0.3) is 10.8 Å². The minimum atomic E-state index is -0.225. The number of hydrogen-bond donors (Lipinski definition) is 1. The Hall–Kier alpha value is -2.92. The molecule has 146 valence electrons.